The van der Waals surface area contributed by atoms with E-state index in [1.165, 1.54) is 5.69 Å². The van der Waals surface area contributed by atoms with E-state index in [4.69, 9.17) is 0 Å². The van der Waals surface area contributed by atoms with Gasteiger partial charge in [0.2, 0.25) is 0 Å². The lowest BCUT2D eigenvalue weighted by Gasteiger charge is -2.41. The maximum atomic E-state index is 11.6. The molecule has 6 heteroatoms. The summed E-state index contributed by atoms with van der Waals surface area (Å²) in [7, 11) is -2.83. The minimum atomic E-state index is -2.83. The summed E-state index contributed by atoms with van der Waals surface area (Å²) in [6, 6.07) is 0. The first kappa shape index (κ1) is 12.2. The first-order valence-electron chi connectivity index (χ1n) is 6.56. The number of rotatable bonds is 1. The van der Waals surface area contributed by atoms with E-state index in [0.29, 0.717) is 12.8 Å². The lowest BCUT2D eigenvalue weighted by molar-refractivity contribution is 0.267. The van der Waals surface area contributed by atoms with Crippen molar-refractivity contribution < 1.29 is 8.42 Å². The fourth-order valence-corrected chi connectivity index (χ4v) is 4.72. The quantitative estimate of drug-likeness (QED) is 0.804. The van der Waals surface area contributed by atoms with Gasteiger partial charge in [0.1, 0.15) is 9.84 Å². The molecule has 100 valence electrons. The second kappa shape index (κ2) is 4.06. The van der Waals surface area contributed by atoms with Crippen LogP contribution in [0.25, 0.3) is 0 Å². The molecule has 0 bridgehead atoms. The molecule has 0 amide bonds. The smallest absolute Gasteiger partial charge is 0.150 e. The highest BCUT2D eigenvalue weighted by molar-refractivity contribution is 7.91. The number of aromatic nitrogens is 2. The van der Waals surface area contributed by atoms with Gasteiger partial charge >= 0.3 is 0 Å². The Hall–Kier alpha value is -0.880. The van der Waals surface area contributed by atoms with Gasteiger partial charge in [-0.05, 0) is 19.8 Å². The van der Waals surface area contributed by atoms with E-state index < -0.39 is 9.84 Å². The van der Waals surface area contributed by atoms with Crippen LogP contribution in [-0.4, -0.2) is 36.0 Å². The normalized spacial score (nSPS) is 24.9. The van der Waals surface area contributed by atoms with Crippen molar-refractivity contribution in [2.75, 3.05) is 18.1 Å². The van der Waals surface area contributed by atoms with Crippen molar-refractivity contribution in [2.24, 2.45) is 0 Å². The molecule has 1 aromatic heterocycles. The van der Waals surface area contributed by atoms with Gasteiger partial charge in [-0.3, -0.25) is 0 Å². The Balaban J connectivity index is 2.03. The first-order chi connectivity index (χ1) is 8.56. The maximum Gasteiger partial charge on any atom is 0.150 e. The molecule has 0 unspecified atom stereocenters. The third-order valence-corrected chi connectivity index (χ3v) is 5.86. The van der Waals surface area contributed by atoms with Gasteiger partial charge in [-0.15, -0.1) is 0 Å². The third kappa shape index (κ3) is 1.78. The summed E-state index contributed by atoms with van der Waals surface area (Å²) in [4.78, 5) is 4.49. The summed E-state index contributed by atoms with van der Waals surface area (Å²) < 4.78 is 25.4. The van der Waals surface area contributed by atoms with E-state index in [1.807, 2.05) is 6.33 Å². The molecule has 5 nitrogen and oxygen atoms in total. The molecule has 18 heavy (non-hydrogen) atoms. The van der Waals surface area contributed by atoms with Gasteiger partial charge in [0.05, 0.1) is 34.8 Å². The van der Waals surface area contributed by atoms with E-state index in [9.17, 15) is 8.42 Å². The predicted molar refractivity (Wildman–Crippen MR) is 69.2 cm³/mol. The molecule has 3 heterocycles. The first-order valence-corrected chi connectivity index (χ1v) is 8.38. The number of nitrogens with one attached hydrogen (secondary N) is 1. The number of sulfone groups is 1. The minimum absolute atomic E-state index is 0.161. The molecular formula is C12H19N3O2S. The Kier molecular flexibility index (Phi) is 2.75. The van der Waals surface area contributed by atoms with Gasteiger partial charge < -0.3 is 9.88 Å². The Labute approximate surface area is 108 Å². The van der Waals surface area contributed by atoms with Crippen LogP contribution in [0.3, 0.4) is 0 Å². The monoisotopic (exact) mass is 269 g/mol. The molecule has 1 spiro atoms. The van der Waals surface area contributed by atoms with Crippen molar-refractivity contribution in [3.63, 3.8) is 0 Å². The standard InChI is InChI=1S/C12H19N3O2S/c1-2-15-9-13-10-3-6-14-12(11(10)15)4-7-18(16,17)8-5-12/h9,14H,2-8H2,1H3. The Morgan fingerprint density at radius 1 is 1.44 bits per heavy atom. The molecule has 1 N–H and O–H groups in total. The highest BCUT2D eigenvalue weighted by atomic mass is 32.2. The third-order valence-electron chi connectivity index (χ3n) is 4.21. The van der Waals surface area contributed by atoms with Gasteiger partial charge in [-0.2, -0.15) is 0 Å². The van der Waals surface area contributed by atoms with Crippen molar-refractivity contribution in [1.29, 1.82) is 0 Å². The molecule has 2 aliphatic rings. The average molecular weight is 269 g/mol. The van der Waals surface area contributed by atoms with Gasteiger partial charge in [0.25, 0.3) is 0 Å². The summed E-state index contributed by atoms with van der Waals surface area (Å²) in [5.74, 6) is 0.572. The summed E-state index contributed by atoms with van der Waals surface area (Å²) >= 11 is 0. The summed E-state index contributed by atoms with van der Waals surface area (Å²) in [5, 5.41) is 3.56. The molecule has 0 saturated carbocycles. The predicted octanol–water partition coefficient (Wildman–Crippen LogP) is 0.453. The number of aryl methyl sites for hydroxylation is 1. The van der Waals surface area contributed by atoms with Crippen molar-refractivity contribution in [3.8, 4) is 0 Å². The second-order valence-corrected chi connectivity index (χ2v) is 7.54. The number of nitrogens with zero attached hydrogens (tertiary/aromatic N) is 2. The van der Waals surface area contributed by atoms with Crippen LogP contribution >= 0.6 is 0 Å². The van der Waals surface area contributed by atoms with Crippen LogP contribution in [0, 0.1) is 0 Å². The van der Waals surface area contributed by atoms with Crippen LogP contribution in [0.2, 0.25) is 0 Å². The van der Waals surface area contributed by atoms with Crippen molar-refractivity contribution >= 4 is 9.84 Å². The van der Waals surface area contributed by atoms with Crippen molar-refractivity contribution in [2.45, 2.75) is 38.3 Å². The molecule has 1 saturated heterocycles. The molecule has 2 aliphatic heterocycles. The van der Waals surface area contributed by atoms with Crippen molar-refractivity contribution in [1.82, 2.24) is 14.9 Å². The van der Waals surface area contributed by atoms with Gasteiger partial charge in [-0.1, -0.05) is 0 Å². The van der Waals surface area contributed by atoms with Crippen LogP contribution in [0.1, 0.15) is 31.2 Å². The number of hydrogen-bond donors (Lipinski definition) is 1. The molecule has 0 radical (unpaired) electrons. The minimum Gasteiger partial charge on any atom is -0.333 e. The number of imidazole rings is 1. The highest BCUT2D eigenvalue weighted by Crippen LogP contribution is 2.37. The molecule has 0 aromatic carbocycles. The summed E-state index contributed by atoms with van der Waals surface area (Å²) in [5.41, 5.74) is 2.21. The van der Waals surface area contributed by atoms with E-state index in [1.54, 1.807) is 0 Å². The van der Waals surface area contributed by atoms with E-state index in [2.05, 4.69) is 21.8 Å². The summed E-state index contributed by atoms with van der Waals surface area (Å²) in [6.07, 6.45) is 4.18. The Morgan fingerprint density at radius 2 is 2.17 bits per heavy atom. The summed E-state index contributed by atoms with van der Waals surface area (Å²) in [6.45, 7) is 3.89. The van der Waals surface area contributed by atoms with Gasteiger partial charge in [0, 0.05) is 19.5 Å². The topological polar surface area (TPSA) is 64.0 Å². The Bertz CT molecular complexity index is 534. The maximum absolute atomic E-state index is 11.6. The zero-order valence-corrected chi connectivity index (χ0v) is 11.5. The SMILES string of the molecule is CCn1cnc2c1C1(CCS(=O)(=O)CC1)NCC2. The lowest BCUT2D eigenvalue weighted by atomic mass is 9.84. The van der Waals surface area contributed by atoms with E-state index in [-0.39, 0.29) is 17.0 Å². The highest BCUT2D eigenvalue weighted by Gasteiger charge is 2.43. The fourth-order valence-electron chi connectivity index (χ4n) is 3.20. The molecule has 3 rings (SSSR count). The van der Waals surface area contributed by atoms with Crippen LogP contribution in [0.15, 0.2) is 6.33 Å². The van der Waals surface area contributed by atoms with Crippen LogP contribution in [0.4, 0.5) is 0 Å². The molecule has 1 fully saturated rings. The van der Waals surface area contributed by atoms with E-state index >= 15 is 0 Å². The lowest BCUT2D eigenvalue weighted by Crippen LogP contribution is -2.52. The Morgan fingerprint density at radius 3 is 2.83 bits per heavy atom. The van der Waals surface area contributed by atoms with Crippen molar-refractivity contribution in [3.05, 3.63) is 17.7 Å². The molecule has 1 aromatic rings. The average Bonchev–Trinajstić information content (AvgIpc) is 2.78. The fraction of sp³-hybridized carbons (Fsp3) is 0.750. The van der Waals surface area contributed by atoms with Gasteiger partial charge in [0.15, 0.2) is 0 Å². The number of fused-ring (bicyclic) bond motifs is 2. The zero-order valence-electron chi connectivity index (χ0n) is 10.6. The molecular weight excluding hydrogens is 250 g/mol. The number of hydrogen-bond acceptors (Lipinski definition) is 4. The second-order valence-electron chi connectivity index (χ2n) is 5.24. The van der Waals surface area contributed by atoms with E-state index in [0.717, 1.165) is 25.2 Å². The van der Waals surface area contributed by atoms with Crippen LogP contribution in [-0.2, 0) is 28.3 Å². The van der Waals surface area contributed by atoms with Crippen LogP contribution < -0.4 is 5.32 Å². The van der Waals surface area contributed by atoms with Crippen LogP contribution in [0.5, 0.6) is 0 Å². The molecule has 0 atom stereocenters. The zero-order chi connectivity index (χ0) is 12.8. The largest absolute Gasteiger partial charge is 0.333 e. The van der Waals surface area contributed by atoms with Gasteiger partial charge in [-0.25, -0.2) is 13.4 Å². The molecule has 0 aliphatic carbocycles.